The van der Waals surface area contributed by atoms with Crippen LogP contribution < -0.4 is 5.32 Å². The average Bonchev–Trinajstić information content (AvgIpc) is 3.31. The van der Waals surface area contributed by atoms with Gasteiger partial charge >= 0.3 is 0 Å². The Morgan fingerprint density at radius 2 is 2.06 bits per heavy atom. The van der Waals surface area contributed by atoms with Gasteiger partial charge in [-0.15, -0.1) is 0 Å². The lowest BCUT2D eigenvalue weighted by molar-refractivity contribution is 0.0624. The van der Waals surface area contributed by atoms with Gasteiger partial charge in [0.2, 0.25) is 0 Å². The van der Waals surface area contributed by atoms with Crippen molar-refractivity contribution in [1.82, 2.24) is 20.0 Å². The molecule has 8 nitrogen and oxygen atoms in total. The highest BCUT2D eigenvalue weighted by Crippen LogP contribution is 2.25. The standard InChI is InChI=1S/C27H34N6O2/c1-31(2)13-7-12-28-26-21-9-4-5-10-22(21)29-25(30-26)19-32-14-16-33(17-15-32)27(34)24-18-20-8-3-6-11-23(20)35-24/h3-6,8,10-11,18,21H,7,9,12-17,19H2,1-2H3,(H,28,29,30). The first kappa shape index (κ1) is 23.5. The molecule has 1 atom stereocenters. The van der Waals surface area contributed by atoms with Crippen LogP contribution in [0.25, 0.3) is 11.0 Å². The molecule has 8 heteroatoms. The Labute approximate surface area is 206 Å². The van der Waals surface area contributed by atoms with Crippen LogP contribution in [0.2, 0.25) is 0 Å². The molecule has 1 fully saturated rings. The summed E-state index contributed by atoms with van der Waals surface area (Å²) in [6.45, 7) is 5.47. The summed E-state index contributed by atoms with van der Waals surface area (Å²) < 4.78 is 5.79. The van der Waals surface area contributed by atoms with Gasteiger partial charge in [0.25, 0.3) is 5.91 Å². The van der Waals surface area contributed by atoms with Crippen molar-refractivity contribution in [3.63, 3.8) is 0 Å². The molecule has 1 unspecified atom stereocenters. The van der Waals surface area contributed by atoms with Crippen molar-refractivity contribution >= 4 is 28.5 Å². The third-order valence-electron chi connectivity index (χ3n) is 6.72. The largest absolute Gasteiger partial charge is 0.451 e. The third-order valence-corrected chi connectivity index (χ3v) is 6.72. The molecule has 1 aromatic carbocycles. The first-order valence-electron chi connectivity index (χ1n) is 12.5. The van der Waals surface area contributed by atoms with E-state index in [0.717, 1.165) is 68.2 Å². The minimum absolute atomic E-state index is 0.0388. The highest BCUT2D eigenvalue weighted by Gasteiger charge is 2.29. The summed E-state index contributed by atoms with van der Waals surface area (Å²) in [6, 6.07) is 9.57. The van der Waals surface area contributed by atoms with E-state index in [2.05, 4.69) is 47.4 Å². The number of hydrogen-bond donors (Lipinski definition) is 1. The van der Waals surface area contributed by atoms with Crippen LogP contribution in [-0.4, -0.2) is 92.2 Å². The third kappa shape index (κ3) is 5.55. The van der Waals surface area contributed by atoms with Crippen molar-refractivity contribution in [3.8, 4) is 0 Å². The van der Waals surface area contributed by atoms with Gasteiger partial charge in [0.05, 0.1) is 12.5 Å². The van der Waals surface area contributed by atoms with E-state index in [9.17, 15) is 4.79 Å². The van der Waals surface area contributed by atoms with Crippen molar-refractivity contribution in [1.29, 1.82) is 0 Å². The summed E-state index contributed by atoms with van der Waals surface area (Å²) in [7, 11) is 4.18. The molecule has 3 heterocycles. The van der Waals surface area contributed by atoms with Gasteiger partial charge in [-0.25, -0.2) is 4.99 Å². The number of hydrogen-bond acceptors (Lipinski definition) is 6. The predicted octanol–water partition coefficient (Wildman–Crippen LogP) is 3.00. The molecule has 35 heavy (non-hydrogen) atoms. The predicted molar refractivity (Wildman–Crippen MR) is 140 cm³/mol. The number of nitrogens with one attached hydrogen (secondary N) is 1. The van der Waals surface area contributed by atoms with Crippen LogP contribution in [0.5, 0.6) is 0 Å². The number of para-hydroxylation sites is 1. The second-order valence-electron chi connectivity index (χ2n) is 9.64. The number of amides is 1. The van der Waals surface area contributed by atoms with Crippen LogP contribution in [0.4, 0.5) is 0 Å². The normalized spacial score (nSPS) is 21.7. The molecule has 1 amide bonds. The highest BCUT2D eigenvalue weighted by atomic mass is 16.3. The fraction of sp³-hybridized carbons (Fsp3) is 0.444. The lowest BCUT2D eigenvalue weighted by Gasteiger charge is -2.36. The van der Waals surface area contributed by atoms with E-state index in [0.29, 0.717) is 18.8 Å². The van der Waals surface area contributed by atoms with Crippen LogP contribution in [0.1, 0.15) is 23.4 Å². The number of rotatable bonds is 7. The van der Waals surface area contributed by atoms with Crippen molar-refractivity contribution in [3.05, 3.63) is 60.0 Å². The van der Waals surface area contributed by atoms with Crippen molar-refractivity contribution in [2.75, 3.05) is 59.9 Å². The number of aliphatic imine (C=N–C) groups is 2. The minimum Gasteiger partial charge on any atom is -0.451 e. The molecule has 0 radical (unpaired) electrons. The van der Waals surface area contributed by atoms with Crippen LogP contribution in [0.3, 0.4) is 0 Å². The van der Waals surface area contributed by atoms with Gasteiger partial charge in [-0.05, 0) is 51.7 Å². The number of allylic oxidation sites excluding steroid dienone is 3. The van der Waals surface area contributed by atoms with Crippen LogP contribution in [-0.2, 0) is 0 Å². The van der Waals surface area contributed by atoms with Crippen LogP contribution in [0, 0.1) is 5.92 Å². The Morgan fingerprint density at radius 1 is 1.23 bits per heavy atom. The molecular formula is C27H34N6O2. The summed E-state index contributed by atoms with van der Waals surface area (Å²) in [5.74, 6) is 2.47. The molecule has 0 spiro atoms. The smallest absolute Gasteiger partial charge is 0.289 e. The number of fused-ring (bicyclic) bond motifs is 2. The topological polar surface area (TPSA) is 76.7 Å². The second kappa shape index (κ2) is 10.6. The number of amidine groups is 2. The Hall–Kier alpha value is -3.23. The summed E-state index contributed by atoms with van der Waals surface area (Å²) in [6.07, 6.45) is 8.39. The molecule has 2 aliphatic heterocycles. The van der Waals surface area contributed by atoms with E-state index in [-0.39, 0.29) is 11.8 Å². The van der Waals surface area contributed by atoms with E-state index in [1.807, 2.05) is 35.2 Å². The molecule has 3 aliphatic rings. The molecule has 0 bridgehead atoms. The van der Waals surface area contributed by atoms with Gasteiger partial charge in [0.15, 0.2) is 5.76 Å². The number of carbonyl (C=O) groups excluding carboxylic acids is 1. The molecule has 0 saturated carbocycles. The molecule has 1 aliphatic carbocycles. The summed E-state index contributed by atoms with van der Waals surface area (Å²) >= 11 is 0. The fourth-order valence-electron chi connectivity index (χ4n) is 4.78. The van der Waals surface area contributed by atoms with E-state index >= 15 is 0 Å². The number of piperazine rings is 1. The van der Waals surface area contributed by atoms with Gasteiger partial charge in [0, 0.05) is 43.8 Å². The molecular weight excluding hydrogens is 440 g/mol. The summed E-state index contributed by atoms with van der Waals surface area (Å²) in [4.78, 5) is 29.2. The summed E-state index contributed by atoms with van der Waals surface area (Å²) in [5, 5.41) is 4.51. The van der Waals surface area contributed by atoms with Crippen molar-refractivity contribution < 1.29 is 9.21 Å². The zero-order valence-electron chi connectivity index (χ0n) is 20.6. The molecule has 1 saturated heterocycles. The maximum Gasteiger partial charge on any atom is 0.289 e. The molecule has 2 aromatic rings. The maximum absolute atomic E-state index is 13.0. The van der Waals surface area contributed by atoms with Gasteiger partial charge in [-0.3, -0.25) is 14.7 Å². The van der Waals surface area contributed by atoms with Gasteiger partial charge in [0.1, 0.15) is 17.3 Å². The quantitative estimate of drug-likeness (QED) is 0.625. The Balaban J connectivity index is 1.20. The molecule has 5 rings (SSSR count). The van der Waals surface area contributed by atoms with Gasteiger partial charge in [-0.1, -0.05) is 30.4 Å². The van der Waals surface area contributed by atoms with Crippen LogP contribution >= 0.6 is 0 Å². The van der Waals surface area contributed by atoms with Gasteiger partial charge < -0.3 is 19.5 Å². The number of benzene rings is 1. The lowest BCUT2D eigenvalue weighted by Crippen LogP contribution is -2.52. The highest BCUT2D eigenvalue weighted by molar-refractivity contribution is 6.04. The molecule has 184 valence electrons. The lowest BCUT2D eigenvalue weighted by atomic mass is 9.94. The monoisotopic (exact) mass is 474 g/mol. The fourth-order valence-corrected chi connectivity index (χ4v) is 4.78. The molecule has 1 N–H and O–H groups in total. The Morgan fingerprint density at radius 3 is 2.86 bits per heavy atom. The minimum atomic E-state index is -0.0388. The first-order chi connectivity index (χ1) is 17.1. The average molecular weight is 475 g/mol. The van der Waals surface area contributed by atoms with Gasteiger partial charge in [-0.2, -0.15) is 0 Å². The first-order valence-corrected chi connectivity index (χ1v) is 12.5. The van der Waals surface area contributed by atoms with Crippen molar-refractivity contribution in [2.24, 2.45) is 15.9 Å². The maximum atomic E-state index is 13.0. The van der Waals surface area contributed by atoms with E-state index in [4.69, 9.17) is 14.4 Å². The number of carbonyl (C=O) groups is 1. The number of furan rings is 1. The van der Waals surface area contributed by atoms with E-state index in [1.165, 1.54) is 5.70 Å². The van der Waals surface area contributed by atoms with E-state index < -0.39 is 0 Å². The summed E-state index contributed by atoms with van der Waals surface area (Å²) in [5.41, 5.74) is 1.93. The zero-order valence-corrected chi connectivity index (χ0v) is 20.6. The van der Waals surface area contributed by atoms with E-state index in [1.54, 1.807) is 0 Å². The van der Waals surface area contributed by atoms with Crippen LogP contribution in [0.15, 0.2) is 68.7 Å². The second-order valence-corrected chi connectivity index (χ2v) is 9.64. The van der Waals surface area contributed by atoms with Crippen molar-refractivity contribution in [2.45, 2.75) is 12.8 Å². The Bertz CT molecular complexity index is 1150. The Kier molecular flexibility index (Phi) is 7.11. The SMILES string of the molecule is CN(C)CCCN=C1N=C(CN2CCN(C(=O)c3cc4ccccc4o3)CC2)NC2=CC=CCC21. The zero-order chi connectivity index (χ0) is 24.2. The number of nitrogens with zero attached hydrogens (tertiary/aromatic N) is 5. The molecule has 1 aromatic heterocycles.